The van der Waals surface area contributed by atoms with Crippen molar-refractivity contribution in [2.75, 3.05) is 24.6 Å². The fraction of sp³-hybridized carbons (Fsp3) is 0.476. The molecule has 3 aromatic rings. The van der Waals surface area contributed by atoms with E-state index in [0.29, 0.717) is 44.2 Å². The van der Waals surface area contributed by atoms with Gasteiger partial charge in [-0.15, -0.1) is 10.2 Å². The van der Waals surface area contributed by atoms with E-state index in [0.717, 1.165) is 5.56 Å². The lowest BCUT2D eigenvalue weighted by atomic mass is 10.1. The second kappa shape index (κ2) is 8.70. The molecule has 0 aromatic carbocycles. The highest BCUT2D eigenvalue weighted by molar-refractivity contribution is 5.67. The van der Waals surface area contributed by atoms with E-state index in [1.165, 1.54) is 10.5 Å². The molecule has 1 aliphatic rings. The number of nitrogens with zero attached hydrogens (tertiary/aromatic N) is 5. The minimum atomic E-state index is -4.56. The lowest BCUT2D eigenvalue weighted by Gasteiger charge is -2.35. The number of alkyl halides is 3. The van der Waals surface area contributed by atoms with E-state index in [4.69, 9.17) is 9.47 Å². The summed E-state index contributed by atoms with van der Waals surface area (Å²) >= 11 is 0. The van der Waals surface area contributed by atoms with Gasteiger partial charge in [0.15, 0.2) is 11.5 Å². The Morgan fingerprint density at radius 3 is 2.61 bits per heavy atom. The first kappa shape index (κ1) is 21.4. The number of ether oxygens (including phenoxy) is 2. The number of halogens is 3. The molecule has 0 spiro atoms. The molecule has 10 heteroatoms. The predicted octanol–water partition coefficient (Wildman–Crippen LogP) is 4.04. The molecule has 7 nitrogen and oxygen atoms in total. The van der Waals surface area contributed by atoms with E-state index < -0.39 is 11.7 Å². The molecule has 0 radical (unpaired) electrons. The second-order valence-electron chi connectivity index (χ2n) is 7.45. The van der Waals surface area contributed by atoms with Gasteiger partial charge in [0.2, 0.25) is 5.88 Å². The summed E-state index contributed by atoms with van der Waals surface area (Å²) < 4.78 is 54.7. The van der Waals surface area contributed by atoms with Gasteiger partial charge in [-0.3, -0.25) is 4.40 Å². The molecular formula is C21H24F3N5O2. The molecule has 4 heterocycles. The summed E-state index contributed by atoms with van der Waals surface area (Å²) in [7, 11) is 0. The van der Waals surface area contributed by atoms with Crippen LogP contribution in [-0.2, 0) is 17.5 Å². The van der Waals surface area contributed by atoms with Crippen molar-refractivity contribution in [3.8, 4) is 5.88 Å². The third-order valence-corrected chi connectivity index (χ3v) is 5.37. The topological polar surface area (TPSA) is 64.8 Å². The van der Waals surface area contributed by atoms with Gasteiger partial charge in [-0.2, -0.15) is 13.2 Å². The molecule has 3 aromatic heterocycles. The molecule has 0 amide bonds. The predicted molar refractivity (Wildman–Crippen MR) is 108 cm³/mol. The fourth-order valence-electron chi connectivity index (χ4n) is 3.79. The van der Waals surface area contributed by atoms with Crippen molar-refractivity contribution in [3.05, 3.63) is 47.5 Å². The summed E-state index contributed by atoms with van der Waals surface area (Å²) in [6.07, 6.45) is -0.212. The van der Waals surface area contributed by atoms with E-state index in [-0.39, 0.29) is 24.0 Å². The number of aromatic nitrogens is 4. The number of anilines is 1. The fourth-order valence-corrected chi connectivity index (χ4v) is 3.79. The van der Waals surface area contributed by atoms with Crippen LogP contribution in [0.1, 0.15) is 36.7 Å². The molecule has 0 saturated carbocycles. The first-order chi connectivity index (χ1) is 14.9. The zero-order valence-electron chi connectivity index (χ0n) is 17.4. The van der Waals surface area contributed by atoms with E-state index in [1.54, 1.807) is 17.3 Å². The maximum absolute atomic E-state index is 14.0. The average molecular weight is 435 g/mol. The molecule has 1 fully saturated rings. The number of piperidine rings is 1. The Kier molecular flexibility index (Phi) is 5.99. The van der Waals surface area contributed by atoms with Crippen LogP contribution in [-0.4, -0.2) is 45.4 Å². The van der Waals surface area contributed by atoms with Gasteiger partial charge in [0.1, 0.15) is 18.3 Å². The first-order valence-electron chi connectivity index (χ1n) is 10.2. The third kappa shape index (κ3) is 4.43. The summed E-state index contributed by atoms with van der Waals surface area (Å²) in [4.78, 5) is 5.98. The van der Waals surface area contributed by atoms with Crippen LogP contribution in [0.3, 0.4) is 0 Å². The summed E-state index contributed by atoms with van der Waals surface area (Å²) in [5, 5.41) is 7.73. The van der Waals surface area contributed by atoms with Crippen LogP contribution in [0.2, 0.25) is 0 Å². The van der Waals surface area contributed by atoms with Crippen molar-refractivity contribution in [2.24, 2.45) is 0 Å². The van der Waals surface area contributed by atoms with Crippen molar-refractivity contribution in [1.29, 1.82) is 0 Å². The minimum Gasteiger partial charge on any atom is -0.474 e. The average Bonchev–Trinajstić information content (AvgIpc) is 3.16. The second-order valence-corrected chi connectivity index (χ2v) is 7.45. The maximum atomic E-state index is 14.0. The van der Waals surface area contributed by atoms with Crippen molar-refractivity contribution in [2.45, 2.75) is 45.6 Å². The Morgan fingerprint density at radius 2 is 1.94 bits per heavy atom. The number of fused-ring (bicyclic) bond motifs is 1. The van der Waals surface area contributed by atoms with Crippen LogP contribution < -0.4 is 9.64 Å². The molecule has 0 N–H and O–H groups in total. The normalized spacial score (nSPS) is 15.6. The van der Waals surface area contributed by atoms with Crippen LogP contribution >= 0.6 is 0 Å². The van der Waals surface area contributed by atoms with Gasteiger partial charge in [0, 0.05) is 50.5 Å². The zero-order chi connectivity index (χ0) is 22.0. The molecule has 0 atom stereocenters. The SMILES string of the molecule is CCOCc1nnc2c(C(F)(F)F)c(N3CCC(Oc4ncccc4C)CC3)ccn12. The van der Waals surface area contributed by atoms with Gasteiger partial charge in [-0.1, -0.05) is 6.07 Å². The van der Waals surface area contributed by atoms with Gasteiger partial charge < -0.3 is 14.4 Å². The van der Waals surface area contributed by atoms with Crippen LogP contribution in [0, 0.1) is 6.92 Å². The Balaban J connectivity index is 1.56. The third-order valence-electron chi connectivity index (χ3n) is 5.37. The molecule has 166 valence electrons. The highest BCUT2D eigenvalue weighted by atomic mass is 19.4. The zero-order valence-corrected chi connectivity index (χ0v) is 17.4. The molecule has 0 aliphatic carbocycles. The van der Waals surface area contributed by atoms with Gasteiger partial charge in [-0.25, -0.2) is 4.98 Å². The van der Waals surface area contributed by atoms with E-state index >= 15 is 0 Å². The Morgan fingerprint density at radius 1 is 1.16 bits per heavy atom. The number of hydrogen-bond donors (Lipinski definition) is 0. The van der Waals surface area contributed by atoms with Crippen LogP contribution in [0.4, 0.5) is 18.9 Å². The monoisotopic (exact) mass is 435 g/mol. The van der Waals surface area contributed by atoms with E-state index in [9.17, 15) is 13.2 Å². The maximum Gasteiger partial charge on any atom is 0.422 e. The molecular weight excluding hydrogens is 411 g/mol. The van der Waals surface area contributed by atoms with Crippen LogP contribution in [0.15, 0.2) is 30.6 Å². The number of pyridine rings is 2. The molecule has 0 unspecified atom stereocenters. The molecule has 1 saturated heterocycles. The lowest BCUT2D eigenvalue weighted by Crippen LogP contribution is -2.39. The Labute approximate surface area is 177 Å². The lowest BCUT2D eigenvalue weighted by molar-refractivity contribution is -0.136. The highest BCUT2D eigenvalue weighted by Crippen LogP contribution is 2.40. The molecule has 0 bridgehead atoms. The van der Waals surface area contributed by atoms with Gasteiger partial charge >= 0.3 is 6.18 Å². The van der Waals surface area contributed by atoms with Gasteiger partial charge in [0.05, 0.1) is 5.69 Å². The smallest absolute Gasteiger partial charge is 0.422 e. The number of hydrogen-bond acceptors (Lipinski definition) is 6. The Hall–Kier alpha value is -2.88. The van der Waals surface area contributed by atoms with Crippen molar-refractivity contribution >= 4 is 11.3 Å². The quantitative estimate of drug-likeness (QED) is 0.583. The van der Waals surface area contributed by atoms with Gasteiger partial charge in [-0.05, 0) is 26.0 Å². The summed E-state index contributed by atoms with van der Waals surface area (Å²) in [6.45, 7) is 5.15. The highest BCUT2D eigenvalue weighted by Gasteiger charge is 2.39. The largest absolute Gasteiger partial charge is 0.474 e. The van der Waals surface area contributed by atoms with Crippen molar-refractivity contribution < 1.29 is 22.6 Å². The number of aryl methyl sites for hydroxylation is 1. The van der Waals surface area contributed by atoms with Crippen LogP contribution in [0.25, 0.3) is 5.65 Å². The van der Waals surface area contributed by atoms with Gasteiger partial charge in [0.25, 0.3) is 0 Å². The van der Waals surface area contributed by atoms with Crippen LogP contribution in [0.5, 0.6) is 5.88 Å². The molecule has 31 heavy (non-hydrogen) atoms. The summed E-state index contributed by atoms with van der Waals surface area (Å²) in [5.74, 6) is 0.912. The van der Waals surface area contributed by atoms with E-state index in [2.05, 4.69) is 15.2 Å². The van der Waals surface area contributed by atoms with Crippen molar-refractivity contribution in [1.82, 2.24) is 19.6 Å². The molecule has 4 rings (SSSR count). The first-order valence-corrected chi connectivity index (χ1v) is 10.2. The number of rotatable bonds is 6. The molecule has 1 aliphatic heterocycles. The minimum absolute atomic E-state index is 0.0891. The van der Waals surface area contributed by atoms with Crippen molar-refractivity contribution in [3.63, 3.8) is 0 Å². The standard InChI is InChI=1S/C21H24F3N5O2/c1-3-30-13-17-26-27-19-18(21(22,23)24)16(8-12-29(17)19)28-10-6-15(7-11-28)31-20-14(2)5-4-9-25-20/h4-5,8-9,12,15H,3,6-7,10-11,13H2,1-2H3. The van der Waals surface area contributed by atoms with E-state index in [1.807, 2.05) is 26.0 Å². The Bertz CT molecular complexity index is 1050. The summed E-state index contributed by atoms with van der Waals surface area (Å²) in [5.41, 5.74) is 0.0691. The summed E-state index contributed by atoms with van der Waals surface area (Å²) in [6, 6.07) is 5.24.